The van der Waals surface area contributed by atoms with Gasteiger partial charge < -0.3 is 19.8 Å². The van der Waals surface area contributed by atoms with Crippen LogP contribution in [-0.4, -0.2) is 73.4 Å². The standard InChI is InChI=1S/C59H117N2O6P/c1-6-8-10-12-14-16-18-20-22-24-26-27-28-29-30-31-32-33-35-36-38-40-42-44-46-48-50-52-58(62)57(56-67-68(64,65)66-55-54-61(3,4)5)60-59(63)53-51-49-47-45-43-41-39-37-34-25-23-21-19-17-15-13-11-9-7-2/h15,17,21,23,57-58,62H,6-14,16,18-20,22,24-56H2,1-5H3,(H-,60,63,64,65)/p+1/b17-15-,23-21-. The van der Waals surface area contributed by atoms with Gasteiger partial charge in [0.15, 0.2) is 0 Å². The lowest BCUT2D eigenvalue weighted by molar-refractivity contribution is -0.870. The van der Waals surface area contributed by atoms with Crippen molar-refractivity contribution in [2.24, 2.45) is 0 Å². The highest BCUT2D eigenvalue weighted by atomic mass is 31.2. The number of amides is 1. The summed E-state index contributed by atoms with van der Waals surface area (Å²) in [5.74, 6) is -0.145. The van der Waals surface area contributed by atoms with E-state index in [0.717, 1.165) is 44.9 Å². The molecule has 0 aliphatic rings. The van der Waals surface area contributed by atoms with Crippen LogP contribution in [0, 0.1) is 0 Å². The van der Waals surface area contributed by atoms with Crippen molar-refractivity contribution >= 4 is 13.7 Å². The molecule has 0 radical (unpaired) electrons. The smallest absolute Gasteiger partial charge is 0.391 e. The van der Waals surface area contributed by atoms with Gasteiger partial charge in [0.25, 0.3) is 0 Å². The number of likely N-dealkylation sites (N-methyl/N-ethyl adjacent to an activating group) is 1. The van der Waals surface area contributed by atoms with E-state index in [9.17, 15) is 19.4 Å². The van der Waals surface area contributed by atoms with Crippen molar-refractivity contribution < 1.29 is 32.9 Å². The fraction of sp³-hybridized carbons (Fsp3) is 0.915. The third kappa shape index (κ3) is 52.8. The van der Waals surface area contributed by atoms with Crippen LogP contribution in [0.3, 0.4) is 0 Å². The zero-order valence-corrected chi connectivity index (χ0v) is 47.0. The Bertz CT molecular complexity index is 1160. The van der Waals surface area contributed by atoms with Crippen LogP contribution in [0.25, 0.3) is 0 Å². The van der Waals surface area contributed by atoms with Crippen LogP contribution >= 0.6 is 7.82 Å². The summed E-state index contributed by atoms with van der Waals surface area (Å²) in [4.78, 5) is 23.3. The van der Waals surface area contributed by atoms with Gasteiger partial charge in [0.05, 0.1) is 39.9 Å². The van der Waals surface area contributed by atoms with Gasteiger partial charge in [-0.1, -0.05) is 269 Å². The van der Waals surface area contributed by atoms with E-state index >= 15 is 0 Å². The fourth-order valence-electron chi connectivity index (χ4n) is 9.02. The number of nitrogens with one attached hydrogen (secondary N) is 1. The third-order valence-electron chi connectivity index (χ3n) is 13.7. The third-order valence-corrected chi connectivity index (χ3v) is 14.7. The van der Waals surface area contributed by atoms with Crippen molar-refractivity contribution in [3.8, 4) is 0 Å². The van der Waals surface area contributed by atoms with Gasteiger partial charge in [-0.05, 0) is 44.9 Å². The van der Waals surface area contributed by atoms with Crippen molar-refractivity contribution in [1.29, 1.82) is 0 Å². The van der Waals surface area contributed by atoms with Gasteiger partial charge >= 0.3 is 7.82 Å². The molecule has 8 nitrogen and oxygen atoms in total. The molecule has 0 aliphatic heterocycles. The van der Waals surface area contributed by atoms with Gasteiger partial charge in [-0.3, -0.25) is 13.8 Å². The van der Waals surface area contributed by atoms with Crippen LogP contribution < -0.4 is 5.32 Å². The number of aliphatic hydroxyl groups excluding tert-OH is 1. The summed E-state index contributed by atoms with van der Waals surface area (Å²) in [7, 11) is 1.62. The number of nitrogens with zero attached hydrogens (tertiary/aromatic N) is 1. The Hall–Kier alpha value is -1.02. The molecule has 3 N–H and O–H groups in total. The molecule has 0 aliphatic carbocycles. The molecule has 3 atom stereocenters. The van der Waals surface area contributed by atoms with Gasteiger partial charge in [-0.15, -0.1) is 0 Å². The number of carbonyl (C=O) groups excluding carboxylic acids is 1. The molecule has 0 bridgehead atoms. The molecular formula is C59H118N2O6P+. The first-order valence-corrected chi connectivity index (χ1v) is 31.2. The summed E-state index contributed by atoms with van der Waals surface area (Å²) >= 11 is 0. The van der Waals surface area contributed by atoms with Crippen LogP contribution in [0.1, 0.15) is 296 Å². The molecule has 0 aromatic heterocycles. The molecule has 0 rings (SSSR count). The van der Waals surface area contributed by atoms with E-state index in [-0.39, 0.29) is 19.1 Å². The number of quaternary nitrogens is 1. The molecule has 0 fully saturated rings. The summed E-state index contributed by atoms with van der Waals surface area (Å²) in [6.45, 7) is 4.90. The number of phosphoric acid groups is 1. The number of aliphatic hydroxyl groups is 1. The quantitative estimate of drug-likeness (QED) is 0.0243. The minimum absolute atomic E-state index is 0.0750. The second-order valence-electron chi connectivity index (χ2n) is 21.7. The first-order valence-electron chi connectivity index (χ1n) is 29.7. The Morgan fingerprint density at radius 3 is 1.24 bits per heavy atom. The van der Waals surface area contributed by atoms with Crippen LogP contribution in [0.4, 0.5) is 0 Å². The Morgan fingerprint density at radius 2 is 0.838 bits per heavy atom. The lowest BCUT2D eigenvalue weighted by Gasteiger charge is -2.26. The molecule has 0 saturated heterocycles. The summed E-state index contributed by atoms with van der Waals surface area (Å²) in [6.07, 6.45) is 63.8. The molecule has 0 spiro atoms. The van der Waals surface area contributed by atoms with E-state index < -0.39 is 20.0 Å². The summed E-state index contributed by atoms with van der Waals surface area (Å²) < 4.78 is 23.8. The second kappa shape index (κ2) is 50.9. The minimum atomic E-state index is -4.32. The van der Waals surface area contributed by atoms with Crippen molar-refractivity contribution in [3.63, 3.8) is 0 Å². The Balaban J connectivity index is 4.11. The zero-order valence-electron chi connectivity index (χ0n) is 46.1. The summed E-state index contributed by atoms with van der Waals surface area (Å²) in [6, 6.07) is -0.762. The van der Waals surface area contributed by atoms with E-state index in [2.05, 4.69) is 43.5 Å². The van der Waals surface area contributed by atoms with Crippen LogP contribution in [-0.2, 0) is 18.4 Å². The summed E-state index contributed by atoms with van der Waals surface area (Å²) in [5, 5.41) is 14.1. The minimum Gasteiger partial charge on any atom is -0.391 e. The topological polar surface area (TPSA) is 105 Å². The second-order valence-corrected chi connectivity index (χ2v) is 23.2. The highest BCUT2D eigenvalue weighted by Crippen LogP contribution is 2.43. The summed E-state index contributed by atoms with van der Waals surface area (Å²) in [5.41, 5.74) is 0. The normalized spacial score (nSPS) is 14.0. The molecule has 0 saturated carbocycles. The van der Waals surface area contributed by atoms with E-state index in [4.69, 9.17) is 9.05 Å². The highest BCUT2D eigenvalue weighted by molar-refractivity contribution is 7.47. The van der Waals surface area contributed by atoms with E-state index in [1.165, 1.54) is 225 Å². The van der Waals surface area contributed by atoms with Gasteiger partial charge in [0, 0.05) is 6.42 Å². The van der Waals surface area contributed by atoms with Gasteiger partial charge in [-0.25, -0.2) is 4.57 Å². The van der Waals surface area contributed by atoms with Crippen molar-refractivity contribution in [3.05, 3.63) is 24.3 Å². The number of carbonyl (C=O) groups is 1. The lowest BCUT2D eigenvalue weighted by Crippen LogP contribution is -2.46. The molecule has 3 unspecified atom stereocenters. The number of phosphoric ester groups is 1. The maximum absolute atomic E-state index is 13.0. The fourth-order valence-corrected chi connectivity index (χ4v) is 9.76. The molecule has 0 heterocycles. The largest absolute Gasteiger partial charge is 0.472 e. The predicted molar refractivity (Wildman–Crippen MR) is 295 cm³/mol. The number of allylic oxidation sites excluding steroid dienone is 4. The highest BCUT2D eigenvalue weighted by Gasteiger charge is 2.28. The molecular weight excluding hydrogens is 864 g/mol. The molecule has 9 heteroatoms. The van der Waals surface area contributed by atoms with Crippen molar-refractivity contribution in [2.45, 2.75) is 309 Å². The van der Waals surface area contributed by atoms with E-state index in [1.54, 1.807) is 0 Å². The van der Waals surface area contributed by atoms with Crippen LogP contribution in [0.5, 0.6) is 0 Å². The van der Waals surface area contributed by atoms with Crippen molar-refractivity contribution in [2.75, 3.05) is 40.9 Å². The molecule has 404 valence electrons. The number of hydrogen-bond donors (Lipinski definition) is 3. The lowest BCUT2D eigenvalue weighted by atomic mass is 10.0. The van der Waals surface area contributed by atoms with E-state index in [0.29, 0.717) is 23.9 Å². The number of rotatable bonds is 55. The Kier molecular flexibility index (Phi) is 50.1. The number of hydrogen-bond acceptors (Lipinski definition) is 5. The monoisotopic (exact) mass is 982 g/mol. The van der Waals surface area contributed by atoms with Crippen molar-refractivity contribution in [1.82, 2.24) is 5.32 Å². The average Bonchev–Trinajstić information content (AvgIpc) is 3.30. The molecule has 0 aromatic rings. The molecule has 68 heavy (non-hydrogen) atoms. The van der Waals surface area contributed by atoms with Gasteiger partial charge in [-0.2, -0.15) is 0 Å². The molecule has 1 amide bonds. The maximum atomic E-state index is 13.0. The van der Waals surface area contributed by atoms with Crippen LogP contribution in [0.2, 0.25) is 0 Å². The number of unbranched alkanes of at least 4 members (excludes halogenated alkanes) is 38. The predicted octanol–water partition coefficient (Wildman–Crippen LogP) is 18.0. The average molecular weight is 983 g/mol. The Morgan fingerprint density at radius 1 is 0.500 bits per heavy atom. The Labute approximate surface area is 424 Å². The first kappa shape index (κ1) is 67.0. The molecule has 0 aromatic carbocycles. The maximum Gasteiger partial charge on any atom is 0.472 e. The zero-order chi connectivity index (χ0) is 49.9. The first-order chi connectivity index (χ1) is 33.0. The van der Waals surface area contributed by atoms with Gasteiger partial charge in [0.1, 0.15) is 13.2 Å². The van der Waals surface area contributed by atoms with Gasteiger partial charge in [0.2, 0.25) is 5.91 Å². The van der Waals surface area contributed by atoms with Crippen LogP contribution in [0.15, 0.2) is 24.3 Å². The van der Waals surface area contributed by atoms with E-state index in [1.807, 2.05) is 21.1 Å². The SMILES string of the molecule is CCCCC/C=C\C/C=C\CCCCCCCCCCCC(=O)NC(COP(=O)(O)OCC[N+](C)(C)C)C(O)CCCCCCCCCCCCCCCCCCCCCCCCCCCCC.